The number of hydrogen-bond acceptors (Lipinski definition) is 4. The van der Waals surface area contributed by atoms with Crippen LogP contribution in [0.1, 0.15) is 30.4 Å². The van der Waals surface area contributed by atoms with Crippen LogP contribution in [0, 0.1) is 26.7 Å². The normalized spacial score (nSPS) is 12.3. The summed E-state index contributed by atoms with van der Waals surface area (Å²) in [4.78, 5) is 23.5. The SMILES string of the molecule is Cc1cc(C)n(C[C@@H](C)CNC(=O)CCn2c(C)csc2=O)n1. The molecule has 1 atom stereocenters. The smallest absolute Gasteiger partial charge is 0.307 e. The van der Waals surface area contributed by atoms with Crippen LogP contribution < -0.4 is 10.2 Å². The maximum Gasteiger partial charge on any atom is 0.307 e. The summed E-state index contributed by atoms with van der Waals surface area (Å²) >= 11 is 1.17. The molecule has 2 aromatic heterocycles. The van der Waals surface area contributed by atoms with Crippen LogP contribution in [0.25, 0.3) is 0 Å². The summed E-state index contributed by atoms with van der Waals surface area (Å²) in [7, 11) is 0. The Balaban J connectivity index is 1.75. The molecule has 0 fully saturated rings. The van der Waals surface area contributed by atoms with E-state index in [9.17, 15) is 9.59 Å². The van der Waals surface area contributed by atoms with Gasteiger partial charge in [0.1, 0.15) is 0 Å². The van der Waals surface area contributed by atoms with Crippen molar-refractivity contribution in [3.8, 4) is 0 Å². The molecule has 126 valence electrons. The molecule has 7 heteroatoms. The van der Waals surface area contributed by atoms with Gasteiger partial charge < -0.3 is 9.88 Å². The van der Waals surface area contributed by atoms with E-state index in [0.717, 1.165) is 23.6 Å². The molecule has 6 nitrogen and oxygen atoms in total. The molecule has 0 bridgehead atoms. The number of amides is 1. The van der Waals surface area contributed by atoms with E-state index < -0.39 is 0 Å². The molecule has 2 rings (SSSR count). The lowest BCUT2D eigenvalue weighted by molar-refractivity contribution is -0.121. The van der Waals surface area contributed by atoms with Crippen molar-refractivity contribution in [2.45, 2.75) is 47.2 Å². The van der Waals surface area contributed by atoms with E-state index in [-0.39, 0.29) is 10.8 Å². The maximum absolute atomic E-state index is 11.9. The number of carbonyl (C=O) groups excluding carboxylic acids is 1. The summed E-state index contributed by atoms with van der Waals surface area (Å²) in [6, 6.07) is 2.05. The first-order valence-corrected chi connectivity index (χ1v) is 8.67. The molecular weight excluding hydrogens is 312 g/mol. The minimum atomic E-state index is -0.0253. The lowest BCUT2D eigenvalue weighted by Gasteiger charge is -2.14. The van der Waals surface area contributed by atoms with E-state index in [2.05, 4.69) is 17.3 Å². The van der Waals surface area contributed by atoms with Gasteiger partial charge >= 0.3 is 4.87 Å². The van der Waals surface area contributed by atoms with Crippen LogP contribution in [0.3, 0.4) is 0 Å². The molecule has 0 radical (unpaired) electrons. The van der Waals surface area contributed by atoms with Crippen LogP contribution in [0.5, 0.6) is 0 Å². The van der Waals surface area contributed by atoms with Crippen LogP contribution >= 0.6 is 11.3 Å². The highest BCUT2D eigenvalue weighted by atomic mass is 32.1. The second-order valence-corrected chi connectivity index (χ2v) is 6.88. The standard InChI is InChI=1S/C16H24N4O2S/c1-11(9-20-13(3)7-12(2)18-20)8-17-15(21)5-6-19-14(4)10-23-16(19)22/h7,10-11H,5-6,8-9H2,1-4H3,(H,17,21)/t11-/m0/s1. The molecule has 1 amide bonds. The van der Waals surface area contributed by atoms with Gasteiger partial charge in [-0.15, -0.1) is 0 Å². The van der Waals surface area contributed by atoms with Crippen LogP contribution in [0.15, 0.2) is 16.2 Å². The van der Waals surface area contributed by atoms with Crippen LogP contribution in [-0.2, 0) is 17.9 Å². The van der Waals surface area contributed by atoms with Crippen molar-refractivity contribution in [2.24, 2.45) is 5.92 Å². The third-order valence-electron chi connectivity index (χ3n) is 3.77. The van der Waals surface area contributed by atoms with Gasteiger partial charge in [0, 0.05) is 42.8 Å². The minimum Gasteiger partial charge on any atom is -0.356 e. The van der Waals surface area contributed by atoms with Gasteiger partial charge in [0.15, 0.2) is 0 Å². The second-order valence-electron chi connectivity index (χ2n) is 6.06. The summed E-state index contributed by atoms with van der Waals surface area (Å²) in [6.45, 7) is 9.80. The van der Waals surface area contributed by atoms with E-state index in [4.69, 9.17) is 0 Å². The molecule has 0 aliphatic carbocycles. The zero-order valence-electron chi connectivity index (χ0n) is 14.1. The Kier molecular flexibility index (Phi) is 5.76. The Morgan fingerprint density at radius 1 is 1.35 bits per heavy atom. The number of rotatable bonds is 7. The van der Waals surface area contributed by atoms with Crippen LogP contribution in [0.4, 0.5) is 0 Å². The molecule has 1 N–H and O–H groups in total. The van der Waals surface area contributed by atoms with E-state index in [1.54, 1.807) is 4.57 Å². The topological polar surface area (TPSA) is 68.9 Å². The van der Waals surface area contributed by atoms with Gasteiger partial charge in [0.25, 0.3) is 0 Å². The highest BCUT2D eigenvalue weighted by Crippen LogP contribution is 2.06. The fourth-order valence-corrected chi connectivity index (χ4v) is 3.25. The number of nitrogens with one attached hydrogen (secondary N) is 1. The van der Waals surface area contributed by atoms with Gasteiger partial charge in [-0.25, -0.2) is 0 Å². The van der Waals surface area contributed by atoms with Crippen molar-refractivity contribution in [1.29, 1.82) is 0 Å². The molecule has 0 aromatic carbocycles. The predicted octanol–water partition coefficient (Wildman–Crippen LogP) is 1.87. The first-order valence-electron chi connectivity index (χ1n) is 7.79. The Bertz CT molecular complexity index is 729. The minimum absolute atomic E-state index is 0.00630. The van der Waals surface area contributed by atoms with Gasteiger partial charge in [0.2, 0.25) is 5.91 Å². The van der Waals surface area contributed by atoms with Crippen molar-refractivity contribution < 1.29 is 4.79 Å². The summed E-state index contributed by atoms with van der Waals surface area (Å²) < 4.78 is 3.62. The van der Waals surface area contributed by atoms with Crippen molar-refractivity contribution in [1.82, 2.24) is 19.7 Å². The quantitative estimate of drug-likeness (QED) is 0.839. The molecule has 0 aliphatic rings. The highest BCUT2D eigenvalue weighted by molar-refractivity contribution is 7.07. The van der Waals surface area contributed by atoms with Crippen molar-refractivity contribution in [2.75, 3.05) is 6.54 Å². The van der Waals surface area contributed by atoms with Gasteiger partial charge in [-0.2, -0.15) is 5.10 Å². The monoisotopic (exact) mass is 336 g/mol. The highest BCUT2D eigenvalue weighted by Gasteiger charge is 2.10. The maximum atomic E-state index is 11.9. The number of carbonyl (C=O) groups is 1. The molecule has 0 aliphatic heterocycles. The Labute approximate surface area is 140 Å². The predicted molar refractivity (Wildman–Crippen MR) is 91.8 cm³/mol. The molecule has 0 spiro atoms. The number of thiazole rings is 1. The zero-order valence-corrected chi connectivity index (χ0v) is 14.9. The zero-order chi connectivity index (χ0) is 17.0. The van der Waals surface area contributed by atoms with Crippen molar-refractivity contribution >= 4 is 17.2 Å². The summed E-state index contributed by atoms with van der Waals surface area (Å²) in [5.74, 6) is 0.269. The fraction of sp³-hybridized carbons (Fsp3) is 0.562. The average Bonchev–Trinajstić information content (AvgIpc) is 2.97. The molecule has 0 unspecified atom stereocenters. The molecule has 2 aromatic rings. The van der Waals surface area contributed by atoms with Crippen molar-refractivity contribution in [3.05, 3.63) is 38.2 Å². The Hall–Kier alpha value is -1.89. The second kappa shape index (κ2) is 7.59. The first kappa shape index (κ1) is 17.5. The third-order valence-corrected chi connectivity index (χ3v) is 4.66. The number of hydrogen-bond donors (Lipinski definition) is 1. The summed E-state index contributed by atoms with van der Waals surface area (Å²) in [5, 5.41) is 9.19. The van der Waals surface area contributed by atoms with Gasteiger partial charge in [0.05, 0.1) is 5.69 Å². The van der Waals surface area contributed by atoms with Crippen molar-refractivity contribution in [3.63, 3.8) is 0 Å². The molecule has 0 saturated heterocycles. The molecule has 23 heavy (non-hydrogen) atoms. The number of nitrogens with zero attached hydrogens (tertiary/aromatic N) is 3. The van der Waals surface area contributed by atoms with E-state index in [0.29, 0.717) is 25.4 Å². The Morgan fingerprint density at radius 3 is 2.65 bits per heavy atom. The summed E-state index contributed by atoms with van der Waals surface area (Å²) in [6.07, 6.45) is 0.324. The van der Waals surface area contributed by atoms with Gasteiger partial charge in [-0.3, -0.25) is 14.3 Å². The van der Waals surface area contributed by atoms with E-state index in [1.165, 1.54) is 11.3 Å². The summed E-state index contributed by atoms with van der Waals surface area (Å²) in [5.41, 5.74) is 3.05. The van der Waals surface area contributed by atoms with Crippen LogP contribution in [-0.4, -0.2) is 26.8 Å². The first-order chi connectivity index (χ1) is 10.9. The van der Waals surface area contributed by atoms with Crippen LogP contribution in [0.2, 0.25) is 0 Å². The molecular formula is C16H24N4O2S. The lowest BCUT2D eigenvalue weighted by Crippen LogP contribution is -2.31. The molecule has 0 saturated carbocycles. The Morgan fingerprint density at radius 2 is 2.09 bits per heavy atom. The average molecular weight is 336 g/mol. The fourth-order valence-electron chi connectivity index (χ4n) is 2.48. The number of aromatic nitrogens is 3. The largest absolute Gasteiger partial charge is 0.356 e. The van der Waals surface area contributed by atoms with Gasteiger partial charge in [-0.05, 0) is 32.8 Å². The third kappa shape index (κ3) is 4.79. The molecule has 2 heterocycles. The number of aryl methyl sites for hydroxylation is 3. The van der Waals surface area contributed by atoms with E-state index >= 15 is 0 Å². The lowest BCUT2D eigenvalue weighted by atomic mass is 10.2. The van der Waals surface area contributed by atoms with E-state index in [1.807, 2.05) is 36.9 Å². The van der Waals surface area contributed by atoms with Gasteiger partial charge in [-0.1, -0.05) is 18.3 Å².